The quantitative estimate of drug-likeness (QED) is 0.733. The Morgan fingerprint density at radius 3 is 2.55 bits per heavy atom. The Morgan fingerprint density at radius 1 is 1.20 bits per heavy atom. The zero-order valence-electron chi connectivity index (χ0n) is 9.75. The second kappa shape index (κ2) is 5.99. The number of hydrogen-bond donors (Lipinski definition) is 2. The molecule has 0 radical (unpaired) electrons. The highest BCUT2D eigenvalue weighted by molar-refractivity contribution is 9.10. The van der Waals surface area contributed by atoms with Gasteiger partial charge in [0.2, 0.25) is 0 Å². The summed E-state index contributed by atoms with van der Waals surface area (Å²) in [4.78, 5) is 12.0. The van der Waals surface area contributed by atoms with Gasteiger partial charge in [-0.05, 0) is 40.2 Å². The minimum absolute atomic E-state index is 0.0680. The normalized spacial score (nSPS) is 10.4. The van der Waals surface area contributed by atoms with E-state index in [9.17, 15) is 14.3 Å². The molecule has 2 N–H and O–H groups in total. The van der Waals surface area contributed by atoms with E-state index in [1.54, 1.807) is 12.1 Å². The van der Waals surface area contributed by atoms with Gasteiger partial charge in [0.15, 0.2) is 0 Å². The van der Waals surface area contributed by atoms with E-state index in [1.165, 1.54) is 6.07 Å². The highest BCUT2D eigenvalue weighted by Gasteiger charge is 2.15. The summed E-state index contributed by atoms with van der Waals surface area (Å²) in [5.74, 6) is -1.71. The maximum absolute atomic E-state index is 12.9. The van der Waals surface area contributed by atoms with Gasteiger partial charge in [-0.25, -0.2) is 4.39 Å². The molecule has 0 unspecified atom stereocenters. The van der Waals surface area contributed by atoms with E-state index in [4.69, 9.17) is 23.2 Å². The monoisotopic (exact) mass is 377 g/mol. The van der Waals surface area contributed by atoms with E-state index in [2.05, 4.69) is 21.2 Å². The van der Waals surface area contributed by atoms with Gasteiger partial charge in [-0.1, -0.05) is 23.2 Å². The molecule has 7 heteroatoms. The minimum atomic E-state index is -0.635. The molecule has 2 rings (SSSR count). The van der Waals surface area contributed by atoms with Crippen molar-refractivity contribution in [2.45, 2.75) is 0 Å². The molecule has 20 heavy (non-hydrogen) atoms. The topological polar surface area (TPSA) is 49.3 Å². The molecule has 2 aromatic rings. The van der Waals surface area contributed by atoms with Crippen LogP contribution < -0.4 is 5.32 Å². The molecule has 0 aliphatic rings. The number of phenolic OH excluding ortho intramolecular Hbond substituents is 1. The van der Waals surface area contributed by atoms with E-state index >= 15 is 0 Å². The Bertz CT molecular complexity index is 694. The van der Waals surface area contributed by atoms with Crippen molar-refractivity contribution in [2.75, 3.05) is 5.32 Å². The average molecular weight is 379 g/mol. The number of carbonyl (C=O) groups excluding carboxylic acids is 1. The van der Waals surface area contributed by atoms with Gasteiger partial charge in [-0.3, -0.25) is 4.79 Å². The molecule has 0 aliphatic heterocycles. The predicted octanol–water partition coefficient (Wildman–Crippen LogP) is 4.85. The Labute approximate surface area is 132 Å². The lowest BCUT2D eigenvalue weighted by molar-refractivity contribution is 0.102. The number of halogens is 4. The predicted molar refractivity (Wildman–Crippen MR) is 80.2 cm³/mol. The van der Waals surface area contributed by atoms with Gasteiger partial charge in [0.05, 0.1) is 21.3 Å². The lowest BCUT2D eigenvalue weighted by Crippen LogP contribution is -2.12. The number of rotatable bonds is 2. The van der Waals surface area contributed by atoms with E-state index < -0.39 is 17.5 Å². The third-order valence-corrected chi connectivity index (χ3v) is 4.26. The standard InChI is InChI=1S/C13H7BrCl2FNO2/c14-8-3-4-9(12(16)11(8)15)18-13(20)7-2-1-6(17)5-10(7)19/h1-5,19H,(H,18,20). The van der Waals surface area contributed by atoms with Crippen molar-refractivity contribution in [3.63, 3.8) is 0 Å². The second-order valence-electron chi connectivity index (χ2n) is 3.84. The van der Waals surface area contributed by atoms with Crippen LogP contribution in [-0.4, -0.2) is 11.0 Å². The zero-order valence-corrected chi connectivity index (χ0v) is 12.9. The Morgan fingerprint density at radius 2 is 1.90 bits per heavy atom. The number of anilines is 1. The third-order valence-electron chi connectivity index (χ3n) is 2.49. The first-order chi connectivity index (χ1) is 9.40. The highest BCUT2D eigenvalue weighted by Crippen LogP contribution is 2.36. The van der Waals surface area contributed by atoms with Crippen molar-refractivity contribution in [3.8, 4) is 5.75 Å². The van der Waals surface area contributed by atoms with Crippen molar-refractivity contribution in [2.24, 2.45) is 0 Å². The molecule has 3 nitrogen and oxygen atoms in total. The molecule has 0 spiro atoms. The van der Waals surface area contributed by atoms with Crippen LogP contribution in [0.2, 0.25) is 10.0 Å². The van der Waals surface area contributed by atoms with Gasteiger partial charge in [-0.2, -0.15) is 0 Å². The van der Waals surface area contributed by atoms with Crippen molar-refractivity contribution in [3.05, 3.63) is 56.2 Å². The first-order valence-electron chi connectivity index (χ1n) is 5.33. The van der Waals surface area contributed by atoms with Crippen LogP contribution in [0.25, 0.3) is 0 Å². The lowest BCUT2D eigenvalue weighted by atomic mass is 10.1. The van der Waals surface area contributed by atoms with Crippen LogP contribution >= 0.6 is 39.1 Å². The van der Waals surface area contributed by atoms with Crippen LogP contribution in [0.1, 0.15) is 10.4 Å². The van der Waals surface area contributed by atoms with Gasteiger partial charge in [0.1, 0.15) is 11.6 Å². The van der Waals surface area contributed by atoms with Gasteiger partial charge < -0.3 is 10.4 Å². The van der Waals surface area contributed by atoms with Crippen LogP contribution in [0, 0.1) is 5.82 Å². The van der Waals surface area contributed by atoms with Gasteiger partial charge in [0.25, 0.3) is 5.91 Å². The third kappa shape index (κ3) is 3.06. The molecule has 0 atom stereocenters. The van der Waals surface area contributed by atoms with E-state index in [1.807, 2.05) is 0 Å². The lowest BCUT2D eigenvalue weighted by Gasteiger charge is -2.10. The van der Waals surface area contributed by atoms with Crippen LogP contribution in [0.4, 0.5) is 10.1 Å². The number of carbonyl (C=O) groups is 1. The number of hydrogen-bond acceptors (Lipinski definition) is 2. The summed E-state index contributed by atoms with van der Waals surface area (Å²) in [6.45, 7) is 0. The summed E-state index contributed by atoms with van der Waals surface area (Å²) < 4.78 is 13.5. The number of phenols is 1. The number of nitrogens with one attached hydrogen (secondary N) is 1. The van der Waals surface area contributed by atoms with Crippen LogP contribution in [-0.2, 0) is 0 Å². The molecule has 1 amide bonds. The maximum atomic E-state index is 12.9. The fourth-order valence-electron chi connectivity index (χ4n) is 1.51. The zero-order chi connectivity index (χ0) is 14.9. The Hall–Kier alpha value is -1.30. The Balaban J connectivity index is 2.30. The number of amides is 1. The second-order valence-corrected chi connectivity index (χ2v) is 5.45. The SMILES string of the molecule is O=C(Nc1ccc(Br)c(Cl)c1Cl)c1ccc(F)cc1O. The van der Waals surface area contributed by atoms with Gasteiger partial charge in [-0.15, -0.1) is 0 Å². The van der Waals surface area contributed by atoms with Crippen LogP contribution in [0.5, 0.6) is 5.75 Å². The van der Waals surface area contributed by atoms with Crippen molar-refractivity contribution < 1.29 is 14.3 Å². The molecule has 0 heterocycles. The summed E-state index contributed by atoms with van der Waals surface area (Å²) >= 11 is 15.1. The number of aromatic hydroxyl groups is 1. The highest BCUT2D eigenvalue weighted by atomic mass is 79.9. The fraction of sp³-hybridized carbons (Fsp3) is 0. The van der Waals surface area contributed by atoms with E-state index in [-0.39, 0.29) is 21.3 Å². The summed E-state index contributed by atoms with van der Waals surface area (Å²) in [6.07, 6.45) is 0. The molecule has 0 aromatic heterocycles. The molecular formula is C13H7BrCl2FNO2. The smallest absolute Gasteiger partial charge is 0.259 e. The maximum Gasteiger partial charge on any atom is 0.259 e. The molecule has 2 aromatic carbocycles. The van der Waals surface area contributed by atoms with Gasteiger partial charge >= 0.3 is 0 Å². The molecule has 0 saturated heterocycles. The summed E-state index contributed by atoms with van der Waals surface area (Å²) in [5.41, 5.74) is 0.218. The van der Waals surface area contributed by atoms with Crippen LogP contribution in [0.3, 0.4) is 0 Å². The summed E-state index contributed by atoms with van der Waals surface area (Å²) in [5, 5.41) is 12.5. The molecule has 0 aliphatic carbocycles. The molecular weight excluding hydrogens is 372 g/mol. The van der Waals surface area contributed by atoms with Crippen molar-refractivity contribution in [1.29, 1.82) is 0 Å². The molecule has 104 valence electrons. The van der Waals surface area contributed by atoms with Crippen LogP contribution in [0.15, 0.2) is 34.8 Å². The Kier molecular flexibility index (Phi) is 4.52. The van der Waals surface area contributed by atoms with Gasteiger partial charge in [0, 0.05) is 10.5 Å². The van der Waals surface area contributed by atoms with E-state index in [0.717, 1.165) is 12.1 Å². The first kappa shape index (κ1) is 15.1. The van der Waals surface area contributed by atoms with Crippen molar-refractivity contribution in [1.82, 2.24) is 0 Å². The number of benzene rings is 2. The summed E-state index contributed by atoms with van der Waals surface area (Å²) in [7, 11) is 0. The molecule has 0 saturated carbocycles. The first-order valence-corrected chi connectivity index (χ1v) is 6.88. The fourth-order valence-corrected chi connectivity index (χ4v) is 2.33. The molecule has 0 bridgehead atoms. The largest absolute Gasteiger partial charge is 0.507 e. The van der Waals surface area contributed by atoms with Crippen molar-refractivity contribution >= 4 is 50.7 Å². The van der Waals surface area contributed by atoms with E-state index in [0.29, 0.717) is 4.47 Å². The average Bonchev–Trinajstić information content (AvgIpc) is 2.39. The molecule has 0 fully saturated rings. The summed E-state index contributed by atoms with van der Waals surface area (Å²) in [6, 6.07) is 6.27. The minimum Gasteiger partial charge on any atom is -0.507 e.